The van der Waals surface area contributed by atoms with Crippen molar-refractivity contribution in [1.29, 1.82) is 0 Å². The van der Waals surface area contributed by atoms with Gasteiger partial charge in [0.1, 0.15) is 24.4 Å². The molecular formula is C64H121NO8. The SMILES string of the molecule is CC/C=C\C/C=C\C/C=C\CCCCCCCCCC(=O)NC(COC1OC(CO)C(O)C(O)C1O)C(O)CCCCCCCCCCCCCCCCCCCCCCCCCCCCCCCCCCC. The van der Waals surface area contributed by atoms with Gasteiger partial charge in [0.05, 0.1) is 25.4 Å². The highest BCUT2D eigenvalue weighted by atomic mass is 16.7. The van der Waals surface area contributed by atoms with Crippen LogP contribution in [0.15, 0.2) is 36.5 Å². The van der Waals surface area contributed by atoms with E-state index < -0.39 is 49.5 Å². The number of hydrogen-bond donors (Lipinski definition) is 6. The van der Waals surface area contributed by atoms with E-state index in [1.54, 1.807) is 0 Å². The summed E-state index contributed by atoms with van der Waals surface area (Å²) >= 11 is 0. The van der Waals surface area contributed by atoms with Crippen molar-refractivity contribution in [2.45, 2.75) is 352 Å². The molecule has 0 bridgehead atoms. The van der Waals surface area contributed by atoms with Crippen molar-refractivity contribution >= 4 is 5.91 Å². The highest BCUT2D eigenvalue weighted by molar-refractivity contribution is 5.76. The number of allylic oxidation sites excluding steroid dienone is 6. The molecule has 1 amide bonds. The van der Waals surface area contributed by atoms with Gasteiger partial charge < -0.3 is 40.3 Å². The van der Waals surface area contributed by atoms with E-state index in [1.807, 2.05) is 0 Å². The number of aliphatic hydroxyl groups is 5. The first-order valence-electron chi connectivity index (χ1n) is 31.7. The number of unbranched alkanes of at least 4 members (excludes halogenated alkanes) is 39. The Morgan fingerprint density at radius 2 is 0.849 bits per heavy atom. The summed E-state index contributed by atoms with van der Waals surface area (Å²) in [5, 5.41) is 54.7. The molecule has 1 heterocycles. The van der Waals surface area contributed by atoms with Crippen molar-refractivity contribution < 1.29 is 39.8 Å². The van der Waals surface area contributed by atoms with Crippen LogP contribution in [0.4, 0.5) is 0 Å². The molecule has 0 aromatic rings. The zero-order valence-electron chi connectivity index (χ0n) is 47.9. The summed E-state index contributed by atoms with van der Waals surface area (Å²) in [7, 11) is 0. The molecule has 0 radical (unpaired) electrons. The third kappa shape index (κ3) is 43.1. The van der Waals surface area contributed by atoms with Gasteiger partial charge in [-0.2, -0.15) is 0 Å². The first-order valence-corrected chi connectivity index (χ1v) is 31.7. The predicted octanol–water partition coefficient (Wildman–Crippen LogP) is 16.3. The van der Waals surface area contributed by atoms with Crippen LogP contribution < -0.4 is 5.32 Å². The lowest BCUT2D eigenvalue weighted by Crippen LogP contribution is -2.60. The van der Waals surface area contributed by atoms with Crippen molar-refractivity contribution in [3.8, 4) is 0 Å². The van der Waals surface area contributed by atoms with E-state index in [0.29, 0.717) is 12.8 Å². The van der Waals surface area contributed by atoms with E-state index in [0.717, 1.165) is 70.6 Å². The molecule has 0 spiro atoms. The average molecular weight is 1030 g/mol. The molecule has 1 aliphatic heterocycles. The van der Waals surface area contributed by atoms with Crippen LogP contribution in [0.1, 0.15) is 309 Å². The lowest BCUT2D eigenvalue weighted by Gasteiger charge is -2.40. The van der Waals surface area contributed by atoms with Crippen molar-refractivity contribution in [1.82, 2.24) is 5.32 Å². The first-order chi connectivity index (χ1) is 35.8. The summed E-state index contributed by atoms with van der Waals surface area (Å²) in [4.78, 5) is 13.1. The minimum absolute atomic E-state index is 0.141. The van der Waals surface area contributed by atoms with E-state index in [2.05, 4.69) is 55.6 Å². The number of carbonyl (C=O) groups excluding carboxylic acids is 1. The Kier molecular flexibility index (Phi) is 51.2. The molecule has 73 heavy (non-hydrogen) atoms. The Balaban J connectivity index is 2.10. The molecule has 1 fully saturated rings. The van der Waals surface area contributed by atoms with Crippen molar-refractivity contribution in [2.75, 3.05) is 13.2 Å². The van der Waals surface area contributed by atoms with Gasteiger partial charge >= 0.3 is 0 Å². The molecule has 6 N–H and O–H groups in total. The number of carbonyl (C=O) groups is 1. The van der Waals surface area contributed by atoms with E-state index in [1.165, 1.54) is 212 Å². The zero-order chi connectivity index (χ0) is 52.9. The molecule has 0 aromatic heterocycles. The van der Waals surface area contributed by atoms with Crippen LogP contribution in [0.3, 0.4) is 0 Å². The number of rotatable bonds is 55. The van der Waals surface area contributed by atoms with Gasteiger partial charge in [0.2, 0.25) is 5.91 Å². The molecule has 1 rings (SSSR count). The Bertz CT molecular complexity index is 1240. The van der Waals surface area contributed by atoms with Crippen molar-refractivity contribution in [2.24, 2.45) is 0 Å². The molecule has 0 aromatic carbocycles. The molecule has 9 nitrogen and oxygen atoms in total. The number of hydrogen-bond acceptors (Lipinski definition) is 8. The quantitative estimate of drug-likeness (QED) is 0.0261. The van der Waals surface area contributed by atoms with Crippen molar-refractivity contribution in [3.05, 3.63) is 36.5 Å². The van der Waals surface area contributed by atoms with Crippen LogP contribution in [0, 0.1) is 0 Å². The van der Waals surface area contributed by atoms with Crippen LogP contribution in [0.5, 0.6) is 0 Å². The minimum atomic E-state index is -1.56. The van der Waals surface area contributed by atoms with Crippen LogP contribution >= 0.6 is 0 Å². The number of nitrogens with one attached hydrogen (secondary N) is 1. The third-order valence-corrected chi connectivity index (χ3v) is 15.3. The fourth-order valence-corrected chi connectivity index (χ4v) is 10.3. The number of amides is 1. The van der Waals surface area contributed by atoms with Gasteiger partial charge in [0.25, 0.3) is 0 Å². The maximum atomic E-state index is 13.1. The van der Waals surface area contributed by atoms with E-state index in [4.69, 9.17) is 9.47 Å². The Morgan fingerprint density at radius 3 is 1.26 bits per heavy atom. The van der Waals surface area contributed by atoms with Gasteiger partial charge in [-0.1, -0.05) is 294 Å². The summed E-state index contributed by atoms with van der Waals surface area (Å²) in [6.07, 6.45) is 63.5. The lowest BCUT2D eigenvalue weighted by molar-refractivity contribution is -0.302. The minimum Gasteiger partial charge on any atom is -0.394 e. The summed E-state index contributed by atoms with van der Waals surface area (Å²) in [5.74, 6) is -0.151. The van der Waals surface area contributed by atoms with Crippen LogP contribution in [-0.2, 0) is 14.3 Å². The average Bonchev–Trinajstić information content (AvgIpc) is 3.39. The zero-order valence-corrected chi connectivity index (χ0v) is 47.9. The second-order valence-corrected chi connectivity index (χ2v) is 22.2. The summed E-state index contributed by atoms with van der Waals surface area (Å²) in [6.45, 7) is 3.75. The monoisotopic (exact) mass is 1030 g/mol. The van der Waals surface area contributed by atoms with Gasteiger partial charge in [-0.25, -0.2) is 0 Å². The Labute approximate surface area is 451 Å². The number of ether oxygens (including phenoxy) is 2. The van der Waals surface area contributed by atoms with E-state index in [-0.39, 0.29) is 12.5 Å². The second-order valence-electron chi connectivity index (χ2n) is 22.2. The molecule has 0 aliphatic carbocycles. The summed E-state index contributed by atoms with van der Waals surface area (Å²) in [5.41, 5.74) is 0. The standard InChI is InChI=1S/C64H121NO8/c1-3-5-7-9-11-13-15-17-19-21-22-23-24-25-26-27-28-29-30-31-32-33-34-35-36-38-39-41-43-45-47-49-51-53-58(67)57(56-72-64-63(71)62(70)61(69)59(55-66)73-64)65-60(68)54-52-50-48-46-44-42-40-37-20-18-16-14-12-10-8-6-4-2/h6,8,12,14,18,20,57-59,61-64,66-67,69-71H,3-5,7,9-11,13,15-17,19,21-56H2,1-2H3,(H,65,68)/b8-6-,14-12-,20-18-. The highest BCUT2D eigenvalue weighted by Gasteiger charge is 2.44. The lowest BCUT2D eigenvalue weighted by atomic mass is 9.99. The first kappa shape index (κ1) is 69.4. The van der Waals surface area contributed by atoms with Gasteiger partial charge in [-0.15, -0.1) is 0 Å². The molecule has 7 atom stereocenters. The van der Waals surface area contributed by atoms with Crippen LogP contribution in [0.25, 0.3) is 0 Å². The van der Waals surface area contributed by atoms with Crippen LogP contribution in [-0.4, -0.2) is 87.5 Å². The highest BCUT2D eigenvalue weighted by Crippen LogP contribution is 2.23. The number of aliphatic hydroxyl groups excluding tert-OH is 5. The Morgan fingerprint density at radius 1 is 0.479 bits per heavy atom. The van der Waals surface area contributed by atoms with Crippen molar-refractivity contribution in [3.63, 3.8) is 0 Å². The third-order valence-electron chi connectivity index (χ3n) is 15.3. The second kappa shape index (κ2) is 53.8. The van der Waals surface area contributed by atoms with Gasteiger partial charge in [-0.05, 0) is 44.9 Å². The largest absolute Gasteiger partial charge is 0.394 e. The van der Waals surface area contributed by atoms with E-state index in [9.17, 15) is 30.3 Å². The maximum absolute atomic E-state index is 13.1. The predicted molar refractivity (Wildman–Crippen MR) is 309 cm³/mol. The molecule has 430 valence electrons. The summed E-state index contributed by atoms with van der Waals surface area (Å²) in [6, 6.07) is -0.726. The summed E-state index contributed by atoms with van der Waals surface area (Å²) < 4.78 is 11.3. The van der Waals surface area contributed by atoms with Gasteiger partial charge in [-0.3, -0.25) is 4.79 Å². The van der Waals surface area contributed by atoms with Gasteiger partial charge in [0, 0.05) is 6.42 Å². The normalized spacial score (nSPS) is 19.2. The molecule has 9 heteroatoms. The van der Waals surface area contributed by atoms with E-state index >= 15 is 0 Å². The molecular weight excluding hydrogens is 911 g/mol. The molecule has 1 aliphatic rings. The van der Waals surface area contributed by atoms with Gasteiger partial charge in [0.15, 0.2) is 6.29 Å². The molecule has 0 saturated carbocycles. The topological polar surface area (TPSA) is 149 Å². The van der Waals surface area contributed by atoms with Crippen LogP contribution in [0.2, 0.25) is 0 Å². The maximum Gasteiger partial charge on any atom is 0.220 e. The fourth-order valence-electron chi connectivity index (χ4n) is 10.3. The molecule has 1 saturated heterocycles. The molecule has 7 unspecified atom stereocenters. The smallest absolute Gasteiger partial charge is 0.220 e. The Hall–Kier alpha value is -1.59. The fraction of sp³-hybridized carbons (Fsp3) is 0.891.